The van der Waals surface area contributed by atoms with Gasteiger partial charge in [0.1, 0.15) is 5.15 Å². The van der Waals surface area contributed by atoms with Gasteiger partial charge in [0.25, 0.3) is 0 Å². The van der Waals surface area contributed by atoms with Crippen molar-refractivity contribution < 1.29 is 0 Å². The summed E-state index contributed by atoms with van der Waals surface area (Å²) >= 11 is 6.07. The Bertz CT molecular complexity index is 509. The summed E-state index contributed by atoms with van der Waals surface area (Å²) in [6, 6.07) is 8.32. The van der Waals surface area contributed by atoms with Crippen LogP contribution in [0.15, 0.2) is 24.3 Å². The largest absolute Gasteiger partial charge is 0.330 e. The summed E-state index contributed by atoms with van der Waals surface area (Å²) in [6.45, 7) is 2.76. The molecule has 1 aromatic carbocycles. The molecular weight excluding hydrogens is 220 g/mol. The normalized spacial score (nSPS) is 10.9. The van der Waals surface area contributed by atoms with Crippen molar-refractivity contribution in [1.82, 2.24) is 4.98 Å². The highest BCUT2D eigenvalue weighted by Gasteiger charge is 2.03. The minimum atomic E-state index is 0.613. The van der Waals surface area contributed by atoms with Crippen LogP contribution in [0.4, 0.5) is 0 Å². The van der Waals surface area contributed by atoms with E-state index in [4.69, 9.17) is 17.3 Å². The molecule has 1 heterocycles. The number of benzene rings is 1. The SMILES string of the molecule is CCc1cc2cc(CCN)ccc2nc1Cl. The first-order valence-electron chi connectivity index (χ1n) is 5.52. The molecule has 2 rings (SSSR count). The molecule has 16 heavy (non-hydrogen) atoms. The third-order valence-corrected chi connectivity index (χ3v) is 3.05. The summed E-state index contributed by atoms with van der Waals surface area (Å²) in [7, 11) is 0. The number of hydrogen-bond acceptors (Lipinski definition) is 2. The second kappa shape index (κ2) is 4.81. The first kappa shape index (κ1) is 11.4. The molecule has 0 fully saturated rings. The number of pyridine rings is 1. The summed E-state index contributed by atoms with van der Waals surface area (Å²) in [5.41, 5.74) is 8.84. The number of aryl methyl sites for hydroxylation is 1. The number of fused-ring (bicyclic) bond motifs is 1. The van der Waals surface area contributed by atoms with Gasteiger partial charge in [0.2, 0.25) is 0 Å². The molecule has 2 aromatic rings. The molecule has 0 saturated carbocycles. The molecular formula is C13H15ClN2. The van der Waals surface area contributed by atoms with Crippen molar-refractivity contribution in [3.05, 3.63) is 40.5 Å². The number of halogens is 1. The van der Waals surface area contributed by atoms with Gasteiger partial charge in [-0.2, -0.15) is 0 Å². The van der Waals surface area contributed by atoms with Crippen LogP contribution in [0.25, 0.3) is 10.9 Å². The molecule has 2 nitrogen and oxygen atoms in total. The van der Waals surface area contributed by atoms with Crippen molar-refractivity contribution >= 4 is 22.5 Å². The van der Waals surface area contributed by atoms with Gasteiger partial charge in [-0.25, -0.2) is 4.98 Å². The van der Waals surface area contributed by atoms with Crippen LogP contribution in [0, 0.1) is 0 Å². The van der Waals surface area contributed by atoms with Crippen molar-refractivity contribution in [1.29, 1.82) is 0 Å². The highest BCUT2D eigenvalue weighted by molar-refractivity contribution is 6.30. The van der Waals surface area contributed by atoms with E-state index in [-0.39, 0.29) is 0 Å². The zero-order valence-corrected chi connectivity index (χ0v) is 10.1. The van der Waals surface area contributed by atoms with Gasteiger partial charge >= 0.3 is 0 Å². The Labute approximate surface area is 100 Å². The second-order valence-electron chi connectivity index (χ2n) is 3.86. The summed E-state index contributed by atoms with van der Waals surface area (Å²) < 4.78 is 0. The van der Waals surface area contributed by atoms with E-state index in [9.17, 15) is 0 Å². The average Bonchev–Trinajstić information content (AvgIpc) is 2.29. The van der Waals surface area contributed by atoms with Crippen LogP contribution in [0.3, 0.4) is 0 Å². The number of hydrogen-bond donors (Lipinski definition) is 1. The maximum Gasteiger partial charge on any atom is 0.132 e. The molecule has 0 spiro atoms. The monoisotopic (exact) mass is 234 g/mol. The van der Waals surface area contributed by atoms with Crippen LogP contribution in [0.2, 0.25) is 5.15 Å². The molecule has 2 N–H and O–H groups in total. The smallest absolute Gasteiger partial charge is 0.132 e. The fourth-order valence-electron chi connectivity index (χ4n) is 1.82. The van der Waals surface area contributed by atoms with Crippen LogP contribution in [0.5, 0.6) is 0 Å². The van der Waals surface area contributed by atoms with Crippen LogP contribution < -0.4 is 5.73 Å². The van der Waals surface area contributed by atoms with E-state index in [1.54, 1.807) is 0 Å². The summed E-state index contributed by atoms with van der Waals surface area (Å²) in [5.74, 6) is 0. The Morgan fingerprint density at radius 3 is 2.81 bits per heavy atom. The van der Waals surface area contributed by atoms with Crippen molar-refractivity contribution in [3.63, 3.8) is 0 Å². The minimum absolute atomic E-state index is 0.613. The van der Waals surface area contributed by atoms with Crippen LogP contribution in [-0.2, 0) is 12.8 Å². The van der Waals surface area contributed by atoms with Crippen molar-refractivity contribution in [3.8, 4) is 0 Å². The fraction of sp³-hybridized carbons (Fsp3) is 0.308. The van der Waals surface area contributed by atoms with Crippen molar-refractivity contribution in [2.24, 2.45) is 5.73 Å². The fourth-order valence-corrected chi connectivity index (χ4v) is 2.10. The van der Waals surface area contributed by atoms with Crippen molar-refractivity contribution in [2.45, 2.75) is 19.8 Å². The first-order valence-corrected chi connectivity index (χ1v) is 5.90. The van der Waals surface area contributed by atoms with Gasteiger partial charge < -0.3 is 5.73 Å². The predicted octanol–water partition coefficient (Wildman–Crippen LogP) is 2.95. The molecule has 0 radical (unpaired) electrons. The topological polar surface area (TPSA) is 38.9 Å². The van der Waals surface area contributed by atoms with E-state index < -0.39 is 0 Å². The minimum Gasteiger partial charge on any atom is -0.330 e. The lowest BCUT2D eigenvalue weighted by atomic mass is 10.1. The average molecular weight is 235 g/mol. The lowest BCUT2D eigenvalue weighted by molar-refractivity contribution is 0.970. The lowest BCUT2D eigenvalue weighted by Crippen LogP contribution is -2.02. The summed E-state index contributed by atoms with van der Waals surface area (Å²) in [5, 5.41) is 1.76. The van der Waals surface area contributed by atoms with E-state index in [0.717, 1.165) is 29.3 Å². The molecule has 84 valence electrons. The van der Waals surface area contributed by atoms with Gasteiger partial charge in [0.15, 0.2) is 0 Å². The van der Waals surface area contributed by atoms with E-state index in [1.807, 2.05) is 6.07 Å². The molecule has 0 atom stereocenters. The highest BCUT2D eigenvalue weighted by Crippen LogP contribution is 2.22. The summed E-state index contributed by atoms with van der Waals surface area (Å²) in [6.07, 6.45) is 1.81. The highest BCUT2D eigenvalue weighted by atomic mass is 35.5. The van der Waals surface area contributed by atoms with E-state index >= 15 is 0 Å². The Hall–Kier alpha value is -1.12. The molecule has 1 aromatic heterocycles. The van der Waals surface area contributed by atoms with Gasteiger partial charge in [-0.3, -0.25) is 0 Å². The van der Waals surface area contributed by atoms with E-state index in [1.165, 1.54) is 5.56 Å². The van der Waals surface area contributed by atoms with Crippen LogP contribution >= 0.6 is 11.6 Å². The van der Waals surface area contributed by atoms with E-state index in [0.29, 0.717) is 11.7 Å². The number of nitrogens with two attached hydrogens (primary N) is 1. The Kier molecular flexibility index (Phi) is 3.42. The standard InChI is InChI=1S/C13H15ClN2/c1-2-10-8-11-7-9(5-6-15)3-4-12(11)16-13(10)14/h3-4,7-8H,2,5-6,15H2,1H3. The molecule has 0 bridgehead atoms. The van der Waals surface area contributed by atoms with Crippen molar-refractivity contribution in [2.75, 3.05) is 6.54 Å². The maximum absolute atomic E-state index is 6.07. The zero-order chi connectivity index (χ0) is 11.5. The van der Waals surface area contributed by atoms with Gasteiger partial charge in [0.05, 0.1) is 5.52 Å². The number of aromatic nitrogens is 1. The molecule has 0 aliphatic rings. The second-order valence-corrected chi connectivity index (χ2v) is 4.22. The van der Waals surface area contributed by atoms with Gasteiger partial charge in [-0.1, -0.05) is 24.6 Å². The molecule has 3 heteroatoms. The Morgan fingerprint density at radius 2 is 2.12 bits per heavy atom. The van der Waals surface area contributed by atoms with Gasteiger partial charge in [-0.05, 0) is 48.7 Å². The third kappa shape index (κ3) is 2.18. The Morgan fingerprint density at radius 1 is 1.31 bits per heavy atom. The first-order chi connectivity index (χ1) is 7.74. The molecule has 0 aliphatic heterocycles. The molecule has 0 saturated heterocycles. The van der Waals surface area contributed by atoms with E-state index in [2.05, 4.69) is 30.1 Å². The van der Waals surface area contributed by atoms with Gasteiger partial charge in [-0.15, -0.1) is 0 Å². The lowest BCUT2D eigenvalue weighted by Gasteiger charge is -2.05. The predicted molar refractivity (Wildman–Crippen MR) is 68.9 cm³/mol. The zero-order valence-electron chi connectivity index (χ0n) is 9.33. The quantitative estimate of drug-likeness (QED) is 0.830. The molecule has 0 unspecified atom stereocenters. The molecule has 0 amide bonds. The number of nitrogens with zero attached hydrogens (tertiary/aromatic N) is 1. The van der Waals surface area contributed by atoms with Crippen LogP contribution in [0.1, 0.15) is 18.1 Å². The Balaban J connectivity index is 2.54. The van der Waals surface area contributed by atoms with Gasteiger partial charge in [0, 0.05) is 5.39 Å². The molecule has 0 aliphatic carbocycles. The maximum atomic E-state index is 6.07. The summed E-state index contributed by atoms with van der Waals surface area (Å²) in [4.78, 5) is 4.38. The van der Waals surface area contributed by atoms with Crippen LogP contribution in [-0.4, -0.2) is 11.5 Å². The third-order valence-electron chi connectivity index (χ3n) is 2.72. The number of rotatable bonds is 3.